The van der Waals surface area contributed by atoms with Crippen molar-refractivity contribution in [3.8, 4) is 0 Å². The Kier molecular flexibility index (Phi) is 10.7. The number of esters is 1. The van der Waals surface area contributed by atoms with Crippen LogP contribution < -0.4 is 5.32 Å². The first kappa shape index (κ1) is 33.4. The maximum Gasteiger partial charge on any atom is 0.306 e. The van der Waals surface area contributed by atoms with E-state index in [0.717, 1.165) is 5.56 Å². The lowest BCUT2D eigenvalue weighted by atomic mass is 9.70. The minimum absolute atomic E-state index is 0.0254. The second-order valence-corrected chi connectivity index (χ2v) is 12.9. The molecule has 3 aliphatic rings. The lowest BCUT2D eigenvalue weighted by Gasteiger charge is -2.42. The molecule has 2 bridgehead atoms. The highest BCUT2D eigenvalue weighted by molar-refractivity contribution is 5.99. The van der Waals surface area contributed by atoms with Crippen LogP contribution in [0.5, 0.6) is 0 Å². The van der Waals surface area contributed by atoms with Gasteiger partial charge in [0.1, 0.15) is 18.2 Å². The maximum absolute atomic E-state index is 14.4. The van der Waals surface area contributed by atoms with E-state index in [0.29, 0.717) is 38.6 Å². The highest BCUT2D eigenvalue weighted by Gasteiger charge is 2.74. The van der Waals surface area contributed by atoms with Gasteiger partial charge in [-0.05, 0) is 58.4 Å². The first-order valence-corrected chi connectivity index (χ1v) is 15.6. The summed E-state index contributed by atoms with van der Waals surface area (Å²) in [6.07, 6.45) is 5.49. The summed E-state index contributed by atoms with van der Waals surface area (Å²) in [5.41, 5.74) is -0.915. The molecule has 0 aliphatic carbocycles. The van der Waals surface area contributed by atoms with Crippen molar-refractivity contribution in [1.29, 1.82) is 0 Å². The number of carbonyl (C=O) groups excluding carboxylic acids is 4. The molecule has 44 heavy (non-hydrogen) atoms. The van der Waals surface area contributed by atoms with Crippen molar-refractivity contribution in [2.45, 2.75) is 88.6 Å². The summed E-state index contributed by atoms with van der Waals surface area (Å²) >= 11 is 0. The molecular weight excluding hydrogens is 562 g/mol. The van der Waals surface area contributed by atoms with Crippen LogP contribution in [-0.4, -0.2) is 88.2 Å². The normalized spacial score (nSPS) is 26.2. The van der Waals surface area contributed by atoms with Gasteiger partial charge in [-0.25, -0.2) is 0 Å². The Morgan fingerprint density at radius 3 is 2.57 bits per heavy atom. The van der Waals surface area contributed by atoms with Gasteiger partial charge in [0.05, 0.1) is 24.0 Å². The first-order valence-electron chi connectivity index (χ1n) is 15.6. The number of aliphatic hydroxyl groups excluding tert-OH is 1. The number of hydrogen-bond donors (Lipinski definition) is 2. The zero-order valence-corrected chi connectivity index (χ0v) is 26.2. The van der Waals surface area contributed by atoms with Gasteiger partial charge in [-0.2, -0.15) is 0 Å². The fraction of sp³-hybridized carbons (Fsp3) is 0.588. The number of ether oxygens (including phenoxy) is 2. The Morgan fingerprint density at radius 1 is 1.20 bits per heavy atom. The van der Waals surface area contributed by atoms with Crippen molar-refractivity contribution in [1.82, 2.24) is 15.1 Å². The van der Waals surface area contributed by atoms with Crippen LogP contribution in [0.4, 0.5) is 0 Å². The molecule has 240 valence electrons. The van der Waals surface area contributed by atoms with E-state index in [-0.39, 0.29) is 43.9 Å². The van der Waals surface area contributed by atoms with Crippen LogP contribution in [0, 0.1) is 11.8 Å². The molecule has 3 heterocycles. The number of hydrogen-bond acceptors (Lipinski definition) is 7. The maximum atomic E-state index is 14.4. The minimum Gasteiger partial charge on any atom is -0.463 e. The number of amides is 3. The van der Waals surface area contributed by atoms with Gasteiger partial charge in [-0.1, -0.05) is 42.5 Å². The minimum atomic E-state index is -1.13. The molecule has 10 nitrogen and oxygen atoms in total. The highest BCUT2D eigenvalue weighted by Crippen LogP contribution is 2.58. The van der Waals surface area contributed by atoms with Crippen molar-refractivity contribution < 1.29 is 33.8 Å². The van der Waals surface area contributed by atoms with Gasteiger partial charge in [-0.15, -0.1) is 13.2 Å². The predicted molar refractivity (Wildman–Crippen MR) is 165 cm³/mol. The molecule has 1 aromatic rings. The molecule has 0 radical (unpaired) electrons. The third-order valence-corrected chi connectivity index (χ3v) is 9.01. The molecule has 3 saturated heterocycles. The van der Waals surface area contributed by atoms with Crippen LogP contribution in [0.3, 0.4) is 0 Å². The molecule has 2 N–H and O–H groups in total. The standard InChI is InChI=1S/C34H47N3O7/c1-6-8-16-26(39)43-22-24(23-14-10-9-11-15-23)35-30(40)27-25-17-18-34(44-25)28(27)31(41)36(20-12-13-21-38)29(34)32(42)37(19-7-2)33(3,4)5/h6-7,9-11,14-15,24-25,27-29,38H,1-2,8,12-13,16-22H2,3-5H3,(H,35,40)/t24-,25+,27-,28-,29+,34-/m1/s1. The van der Waals surface area contributed by atoms with Gasteiger partial charge in [-0.3, -0.25) is 19.2 Å². The van der Waals surface area contributed by atoms with Gasteiger partial charge in [0.2, 0.25) is 17.7 Å². The monoisotopic (exact) mass is 609 g/mol. The lowest BCUT2D eigenvalue weighted by Crippen LogP contribution is -2.60. The molecule has 0 aromatic heterocycles. The third-order valence-electron chi connectivity index (χ3n) is 9.01. The van der Waals surface area contributed by atoms with Crippen LogP contribution >= 0.6 is 0 Å². The summed E-state index contributed by atoms with van der Waals surface area (Å²) in [5.74, 6) is -2.90. The van der Waals surface area contributed by atoms with Gasteiger partial charge in [0.15, 0.2) is 0 Å². The number of nitrogens with one attached hydrogen (secondary N) is 1. The van der Waals surface area contributed by atoms with E-state index in [4.69, 9.17) is 9.47 Å². The molecule has 0 saturated carbocycles. The molecular formula is C34H47N3O7. The zero-order chi connectivity index (χ0) is 32.1. The number of carbonyl (C=O) groups is 4. The van der Waals surface area contributed by atoms with Gasteiger partial charge in [0, 0.05) is 31.7 Å². The van der Waals surface area contributed by atoms with E-state index >= 15 is 0 Å². The number of allylic oxidation sites excluding steroid dienone is 1. The van der Waals surface area contributed by atoms with Crippen molar-refractivity contribution >= 4 is 23.7 Å². The van der Waals surface area contributed by atoms with Crippen molar-refractivity contribution in [3.05, 3.63) is 61.2 Å². The number of aliphatic hydroxyl groups is 1. The summed E-state index contributed by atoms with van der Waals surface area (Å²) in [6.45, 7) is 13.8. The topological polar surface area (TPSA) is 125 Å². The van der Waals surface area contributed by atoms with Gasteiger partial charge >= 0.3 is 5.97 Å². The quantitative estimate of drug-likeness (QED) is 0.178. The molecule has 6 atom stereocenters. The summed E-state index contributed by atoms with van der Waals surface area (Å²) in [5, 5.41) is 12.5. The number of nitrogens with zero attached hydrogens (tertiary/aromatic N) is 2. The number of benzene rings is 1. The third kappa shape index (κ3) is 6.61. The average molecular weight is 610 g/mol. The van der Waals surface area contributed by atoms with E-state index in [1.54, 1.807) is 22.0 Å². The SMILES string of the molecule is C=CCCC(=O)OC[C@@H](NC(=O)[C@@H]1[C@@H]2CC[C@]3(O2)[C@H](C(=O)N(CC=C)C(C)(C)C)N(CCCCO)C(=O)[C@@H]13)c1ccccc1. The van der Waals surface area contributed by atoms with E-state index in [9.17, 15) is 24.3 Å². The molecule has 10 heteroatoms. The summed E-state index contributed by atoms with van der Waals surface area (Å²) < 4.78 is 12.1. The Bertz CT molecular complexity index is 1230. The van der Waals surface area contributed by atoms with Crippen molar-refractivity contribution in [3.63, 3.8) is 0 Å². The van der Waals surface area contributed by atoms with E-state index in [1.807, 2.05) is 51.1 Å². The Morgan fingerprint density at radius 2 is 1.93 bits per heavy atom. The summed E-state index contributed by atoms with van der Waals surface area (Å²) in [7, 11) is 0. The Balaban J connectivity index is 1.64. The molecule has 0 unspecified atom stereocenters. The van der Waals surface area contributed by atoms with Gasteiger partial charge in [0.25, 0.3) is 0 Å². The second kappa shape index (κ2) is 14.1. The second-order valence-electron chi connectivity index (χ2n) is 12.9. The van der Waals surface area contributed by atoms with Crippen molar-refractivity contribution in [2.24, 2.45) is 11.8 Å². The zero-order valence-electron chi connectivity index (χ0n) is 26.2. The van der Waals surface area contributed by atoms with E-state index in [1.165, 1.54) is 0 Å². The molecule has 3 fully saturated rings. The summed E-state index contributed by atoms with van der Waals surface area (Å²) in [4.78, 5) is 58.3. The van der Waals surface area contributed by atoms with E-state index in [2.05, 4.69) is 18.5 Å². The average Bonchev–Trinajstić information content (AvgIpc) is 3.64. The van der Waals surface area contributed by atoms with Crippen LogP contribution in [0.1, 0.15) is 70.9 Å². The molecule has 4 rings (SSSR count). The molecule has 1 aromatic carbocycles. The smallest absolute Gasteiger partial charge is 0.306 e. The molecule has 3 aliphatic heterocycles. The number of likely N-dealkylation sites (tertiary alicyclic amines) is 1. The Labute approximate surface area is 260 Å². The van der Waals surface area contributed by atoms with Crippen LogP contribution in [0.2, 0.25) is 0 Å². The summed E-state index contributed by atoms with van der Waals surface area (Å²) in [6, 6.07) is 7.71. The Hall–Kier alpha value is -3.50. The number of unbranched alkanes of at least 4 members (excludes halogenated alkanes) is 1. The fourth-order valence-electron chi connectivity index (χ4n) is 6.98. The largest absolute Gasteiger partial charge is 0.463 e. The number of fused-ring (bicyclic) bond motifs is 1. The van der Waals surface area contributed by atoms with Crippen molar-refractivity contribution in [2.75, 3.05) is 26.3 Å². The molecule has 1 spiro atoms. The first-order chi connectivity index (χ1) is 21.0. The van der Waals surface area contributed by atoms with Crippen LogP contribution in [-0.2, 0) is 28.7 Å². The predicted octanol–water partition coefficient (Wildman–Crippen LogP) is 3.31. The van der Waals surface area contributed by atoms with Crippen LogP contribution in [0.15, 0.2) is 55.6 Å². The van der Waals surface area contributed by atoms with E-state index < -0.39 is 47.1 Å². The molecule has 3 amide bonds. The number of rotatable bonds is 15. The fourth-order valence-corrected chi connectivity index (χ4v) is 6.98. The van der Waals surface area contributed by atoms with Gasteiger partial charge < -0.3 is 29.7 Å². The highest BCUT2D eigenvalue weighted by atomic mass is 16.5. The lowest BCUT2D eigenvalue weighted by molar-refractivity contribution is -0.151. The van der Waals surface area contributed by atoms with Crippen LogP contribution in [0.25, 0.3) is 0 Å².